The molecule has 0 aliphatic heterocycles. The van der Waals surface area contributed by atoms with Crippen molar-refractivity contribution in [3.63, 3.8) is 0 Å². The molecule has 0 radical (unpaired) electrons. The monoisotopic (exact) mass is 225 g/mol. The Balaban J connectivity index is 2.29. The molecule has 1 nitrogen and oxygen atoms in total. The van der Waals surface area contributed by atoms with E-state index in [1.165, 1.54) is 15.3 Å². The van der Waals surface area contributed by atoms with Crippen LogP contribution in [0, 0.1) is 19.3 Å². The van der Waals surface area contributed by atoms with Crippen molar-refractivity contribution in [3.05, 3.63) is 21.4 Å². The summed E-state index contributed by atoms with van der Waals surface area (Å²) in [5.41, 5.74) is 1.90. The van der Waals surface area contributed by atoms with E-state index in [9.17, 15) is 0 Å². The van der Waals surface area contributed by atoms with Gasteiger partial charge in [0.05, 0.1) is 0 Å². The zero-order valence-electron chi connectivity index (χ0n) is 10.6. The molecule has 0 fully saturated rings. The maximum atomic E-state index is 3.51. The normalized spacial score (nSPS) is 12.1. The lowest BCUT2D eigenvalue weighted by Gasteiger charge is -2.18. The molecule has 0 atom stereocenters. The second-order valence-electron chi connectivity index (χ2n) is 5.43. The van der Waals surface area contributed by atoms with Crippen molar-refractivity contribution < 1.29 is 0 Å². The first kappa shape index (κ1) is 12.7. The Hall–Kier alpha value is -0.340. The molecular weight excluding hydrogens is 202 g/mol. The topological polar surface area (TPSA) is 12.0 Å². The fourth-order valence-corrected chi connectivity index (χ4v) is 2.59. The molecule has 0 aromatic carbocycles. The smallest absolute Gasteiger partial charge is 0.00495 e. The van der Waals surface area contributed by atoms with Crippen LogP contribution in [0.1, 0.15) is 36.1 Å². The molecule has 1 aromatic rings. The van der Waals surface area contributed by atoms with Gasteiger partial charge in [0, 0.05) is 16.3 Å². The Morgan fingerprint density at radius 2 is 1.93 bits per heavy atom. The van der Waals surface area contributed by atoms with Crippen LogP contribution in [0.4, 0.5) is 0 Å². The molecule has 0 saturated heterocycles. The Morgan fingerprint density at radius 3 is 2.40 bits per heavy atom. The molecule has 1 heterocycles. The molecule has 1 N–H and O–H groups in total. The molecule has 0 aliphatic carbocycles. The third kappa shape index (κ3) is 4.80. The Morgan fingerprint density at radius 1 is 1.27 bits per heavy atom. The van der Waals surface area contributed by atoms with Gasteiger partial charge in [0.2, 0.25) is 0 Å². The van der Waals surface area contributed by atoms with Gasteiger partial charge in [-0.2, -0.15) is 0 Å². The standard InChI is InChI=1S/C13H23NS/c1-10-8-12(11(2)15-10)6-7-14-9-13(3,4)5/h8,14H,6-7,9H2,1-5H3. The van der Waals surface area contributed by atoms with E-state index in [0.29, 0.717) is 5.41 Å². The van der Waals surface area contributed by atoms with E-state index >= 15 is 0 Å². The first-order valence-electron chi connectivity index (χ1n) is 5.65. The van der Waals surface area contributed by atoms with Crippen molar-refractivity contribution in [2.24, 2.45) is 5.41 Å². The van der Waals surface area contributed by atoms with E-state index in [1.807, 2.05) is 11.3 Å². The van der Waals surface area contributed by atoms with Crippen molar-refractivity contribution in [2.75, 3.05) is 13.1 Å². The summed E-state index contributed by atoms with van der Waals surface area (Å²) in [6.45, 7) is 13.4. The van der Waals surface area contributed by atoms with Crippen molar-refractivity contribution in [1.29, 1.82) is 0 Å². The van der Waals surface area contributed by atoms with Crippen LogP contribution in [0.5, 0.6) is 0 Å². The second kappa shape index (κ2) is 5.13. The number of rotatable bonds is 4. The zero-order valence-corrected chi connectivity index (χ0v) is 11.4. The molecule has 86 valence electrons. The van der Waals surface area contributed by atoms with Gasteiger partial charge < -0.3 is 5.32 Å². The molecular formula is C13H23NS. The van der Waals surface area contributed by atoms with Crippen molar-refractivity contribution in [2.45, 2.75) is 41.0 Å². The molecule has 0 spiro atoms. The quantitative estimate of drug-likeness (QED) is 0.773. The lowest BCUT2D eigenvalue weighted by atomic mass is 9.97. The van der Waals surface area contributed by atoms with E-state index in [-0.39, 0.29) is 0 Å². The summed E-state index contributed by atoms with van der Waals surface area (Å²) in [5, 5.41) is 3.51. The van der Waals surface area contributed by atoms with E-state index in [2.05, 4.69) is 46.0 Å². The van der Waals surface area contributed by atoms with Crippen molar-refractivity contribution >= 4 is 11.3 Å². The first-order chi connectivity index (χ1) is 6.88. The van der Waals surface area contributed by atoms with Crippen LogP contribution in [-0.4, -0.2) is 13.1 Å². The fraction of sp³-hybridized carbons (Fsp3) is 0.692. The summed E-state index contributed by atoms with van der Waals surface area (Å²) < 4.78 is 0. The van der Waals surface area contributed by atoms with Crippen LogP contribution >= 0.6 is 11.3 Å². The molecule has 0 amide bonds. The van der Waals surface area contributed by atoms with Gasteiger partial charge in [0.1, 0.15) is 0 Å². The lowest BCUT2D eigenvalue weighted by molar-refractivity contribution is 0.381. The van der Waals surface area contributed by atoms with Crippen LogP contribution in [-0.2, 0) is 6.42 Å². The number of nitrogens with one attached hydrogen (secondary N) is 1. The minimum Gasteiger partial charge on any atom is -0.316 e. The number of aryl methyl sites for hydroxylation is 2. The number of hydrogen-bond acceptors (Lipinski definition) is 2. The highest BCUT2D eigenvalue weighted by Crippen LogP contribution is 2.20. The maximum absolute atomic E-state index is 3.51. The average molecular weight is 225 g/mol. The molecule has 0 unspecified atom stereocenters. The summed E-state index contributed by atoms with van der Waals surface area (Å²) >= 11 is 1.91. The Labute approximate surface area is 97.9 Å². The molecule has 1 rings (SSSR count). The number of thiophene rings is 1. The predicted octanol–water partition coefficient (Wildman–Crippen LogP) is 3.54. The summed E-state index contributed by atoms with van der Waals surface area (Å²) in [4.78, 5) is 2.91. The molecule has 0 saturated carbocycles. The van der Waals surface area contributed by atoms with Crippen LogP contribution in [0.2, 0.25) is 0 Å². The minimum atomic E-state index is 0.388. The minimum absolute atomic E-state index is 0.388. The van der Waals surface area contributed by atoms with Gasteiger partial charge in [-0.05, 0) is 43.9 Å². The number of hydrogen-bond donors (Lipinski definition) is 1. The van der Waals surface area contributed by atoms with Crippen molar-refractivity contribution in [1.82, 2.24) is 5.32 Å². The third-order valence-corrected chi connectivity index (χ3v) is 3.38. The molecule has 0 bridgehead atoms. The van der Waals surface area contributed by atoms with Crippen LogP contribution in [0.15, 0.2) is 6.07 Å². The van der Waals surface area contributed by atoms with Gasteiger partial charge in [0.15, 0.2) is 0 Å². The highest BCUT2D eigenvalue weighted by molar-refractivity contribution is 7.12. The summed E-state index contributed by atoms with van der Waals surface area (Å²) in [7, 11) is 0. The van der Waals surface area contributed by atoms with E-state index in [1.54, 1.807) is 0 Å². The van der Waals surface area contributed by atoms with Gasteiger partial charge in [-0.15, -0.1) is 11.3 Å². The SMILES string of the molecule is Cc1cc(CCNCC(C)(C)C)c(C)s1. The van der Waals surface area contributed by atoms with Crippen LogP contribution in [0.25, 0.3) is 0 Å². The van der Waals surface area contributed by atoms with E-state index in [4.69, 9.17) is 0 Å². The van der Waals surface area contributed by atoms with Gasteiger partial charge in [0.25, 0.3) is 0 Å². The molecule has 1 aromatic heterocycles. The average Bonchev–Trinajstić information content (AvgIpc) is 2.37. The fourth-order valence-electron chi connectivity index (χ4n) is 1.62. The molecule has 0 aliphatic rings. The van der Waals surface area contributed by atoms with Crippen molar-refractivity contribution in [3.8, 4) is 0 Å². The third-order valence-electron chi connectivity index (χ3n) is 2.37. The van der Waals surface area contributed by atoms with Gasteiger partial charge in [-0.3, -0.25) is 0 Å². The maximum Gasteiger partial charge on any atom is 0.00495 e. The second-order valence-corrected chi connectivity index (χ2v) is 6.89. The summed E-state index contributed by atoms with van der Waals surface area (Å²) in [6, 6.07) is 2.32. The Bertz CT molecular complexity index is 307. The Kier molecular flexibility index (Phi) is 4.35. The van der Waals surface area contributed by atoms with E-state index in [0.717, 1.165) is 19.5 Å². The van der Waals surface area contributed by atoms with Gasteiger partial charge in [-0.1, -0.05) is 20.8 Å². The predicted molar refractivity (Wildman–Crippen MR) is 69.8 cm³/mol. The highest BCUT2D eigenvalue weighted by Gasteiger charge is 2.09. The highest BCUT2D eigenvalue weighted by atomic mass is 32.1. The summed E-state index contributed by atoms with van der Waals surface area (Å²) in [5.74, 6) is 0. The van der Waals surface area contributed by atoms with E-state index < -0.39 is 0 Å². The van der Waals surface area contributed by atoms with Crippen LogP contribution in [0.3, 0.4) is 0 Å². The van der Waals surface area contributed by atoms with Gasteiger partial charge in [-0.25, -0.2) is 0 Å². The molecule has 2 heteroatoms. The lowest BCUT2D eigenvalue weighted by Crippen LogP contribution is -2.28. The van der Waals surface area contributed by atoms with Crippen LogP contribution < -0.4 is 5.32 Å². The largest absolute Gasteiger partial charge is 0.316 e. The zero-order chi connectivity index (χ0) is 11.5. The summed E-state index contributed by atoms with van der Waals surface area (Å²) in [6.07, 6.45) is 1.16. The van der Waals surface area contributed by atoms with Gasteiger partial charge >= 0.3 is 0 Å². The first-order valence-corrected chi connectivity index (χ1v) is 6.47. The molecule has 15 heavy (non-hydrogen) atoms.